The summed E-state index contributed by atoms with van der Waals surface area (Å²) in [4.78, 5) is 33.4. The molecular formula is C16H20N2O7. The van der Waals surface area contributed by atoms with Gasteiger partial charge in [-0.2, -0.15) is 0 Å². The number of nitro benzene ring substituents is 1. The second-order valence-electron chi connectivity index (χ2n) is 6.09. The Morgan fingerprint density at radius 2 is 1.96 bits per heavy atom. The lowest BCUT2D eigenvalue weighted by atomic mass is 9.82. The standard InChI is InChI=1S/C16H20N2O7/c1-9(19)6-13-12(15(21)17-13)7-14(20)16(22)25-8-10-2-4-11(5-3-10)18(23)24/h2-5,9,12-14,19-20H,6-8H2,1H3,(H,17,21). The predicted octanol–water partition coefficient (Wildman–Crippen LogP) is 0.274. The van der Waals surface area contributed by atoms with Crippen molar-refractivity contribution in [3.8, 4) is 0 Å². The minimum absolute atomic E-state index is 0.0738. The number of benzene rings is 1. The fraction of sp³-hybridized carbons (Fsp3) is 0.500. The van der Waals surface area contributed by atoms with Crippen LogP contribution in [0.5, 0.6) is 0 Å². The first-order valence-corrected chi connectivity index (χ1v) is 7.84. The van der Waals surface area contributed by atoms with Gasteiger partial charge in [-0.25, -0.2) is 4.79 Å². The lowest BCUT2D eigenvalue weighted by molar-refractivity contribution is -0.384. The quantitative estimate of drug-likeness (QED) is 0.264. The first-order valence-electron chi connectivity index (χ1n) is 7.84. The Morgan fingerprint density at radius 3 is 2.48 bits per heavy atom. The van der Waals surface area contributed by atoms with Crippen LogP contribution in [0.25, 0.3) is 0 Å². The summed E-state index contributed by atoms with van der Waals surface area (Å²) in [6, 6.07) is 5.22. The van der Waals surface area contributed by atoms with E-state index in [0.29, 0.717) is 12.0 Å². The van der Waals surface area contributed by atoms with Crippen LogP contribution in [0.2, 0.25) is 0 Å². The Hall–Kier alpha value is -2.52. The highest BCUT2D eigenvalue weighted by molar-refractivity contribution is 5.86. The van der Waals surface area contributed by atoms with Crippen LogP contribution in [0.3, 0.4) is 0 Å². The van der Waals surface area contributed by atoms with Crippen LogP contribution in [-0.2, 0) is 20.9 Å². The van der Waals surface area contributed by atoms with Gasteiger partial charge in [0.15, 0.2) is 6.10 Å². The lowest BCUT2D eigenvalue weighted by Gasteiger charge is -2.38. The smallest absolute Gasteiger partial charge is 0.335 e. The molecule has 4 unspecified atom stereocenters. The van der Waals surface area contributed by atoms with E-state index < -0.39 is 29.0 Å². The zero-order chi connectivity index (χ0) is 18.6. The van der Waals surface area contributed by atoms with Crippen LogP contribution in [-0.4, -0.2) is 45.3 Å². The second kappa shape index (κ2) is 8.04. The number of ether oxygens (including phenoxy) is 1. The van der Waals surface area contributed by atoms with E-state index in [0.717, 1.165) is 0 Å². The van der Waals surface area contributed by atoms with Crippen molar-refractivity contribution in [2.24, 2.45) is 5.92 Å². The monoisotopic (exact) mass is 352 g/mol. The van der Waals surface area contributed by atoms with Gasteiger partial charge in [-0.05, 0) is 37.5 Å². The summed E-state index contributed by atoms with van der Waals surface area (Å²) in [5.74, 6) is -1.68. The normalized spacial score (nSPS) is 21.6. The number of nitrogens with zero attached hydrogens (tertiary/aromatic N) is 1. The van der Waals surface area contributed by atoms with E-state index in [9.17, 15) is 29.9 Å². The highest BCUT2D eigenvalue weighted by Crippen LogP contribution is 2.25. The molecule has 1 heterocycles. The van der Waals surface area contributed by atoms with E-state index in [1.54, 1.807) is 6.92 Å². The number of carbonyl (C=O) groups excluding carboxylic acids is 2. The van der Waals surface area contributed by atoms with E-state index in [1.165, 1.54) is 24.3 Å². The molecule has 1 amide bonds. The molecule has 9 heteroatoms. The van der Waals surface area contributed by atoms with E-state index in [2.05, 4.69) is 5.32 Å². The molecule has 0 saturated carbocycles. The van der Waals surface area contributed by atoms with Crippen molar-refractivity contribution in [2.75, 3.05) is 0 Å². The van der Waals surface area contributed by atoms with Crippen molar-refractivity contribution >= 4 is 17.6 Å². The maximum atomic E-state index is 11.8. The summed E-state index contributed by atoms with van der Waals surface area (Å²) in [7, 11) is 0. The fourth-order valence-corrected chi connectivity index (χ4v) is 2.64. The van der Waals surface area contributed by atoms with Gasteiger partial charge in [0.05, 0.1) is 16.9 Å². The topological polar surface area (TPSA) is 139 Å². The summed E-state index contributed by atoms with van der Waals surface area (Å²) < 4.78 is 4.97. The third kappa shape index (κ3) is 4.97. The maximum Gasteiger partial charge on any atom is 0.335 e. The number of rotatable bonds is 8. The molecule has 3 N–H and O–H groups in total. The minimum Gasteiger partial charge on any atom is -0.459 e. The number of aliphatic hydroxyl groups excluding tert-OH is 2. The van der Waals surface area contributed by atoms with Gasteiger partial charge >= 0.3 is 5.97 Å². The largest absolute Gasteiger partial charge is 0.459 e. The Balaban J connectivity index is 1.81. The third-order valence-electron chi connectivity index (χ3n) is 4.02. The van der Waals surface area contributed by atoms with E-state index >= 15 is 0 Å². The van der Waals surface area contributed by atoms with E-state index in [-0.39, 0.29) is 30.7 Å². The Labute approximate surface area is 143 Å². The van der Waals surface area contributed by atoms with Gasteiger partial charge in [-0.1, -0.05) is 0 Å². The van der Waals surface area contributed by atoms with Gasteiger partial charge in [0.1, 0.15) is 6.61 Å². The molecule has 0 aromatic heterocycles. The molecule has 1 aromatic rings. The summed E-state index contributed by atoms with van der Waals surface area (Å²) in [6.07, 6.45) is -1.78. The van der Waals surface area contributed by atoms with Gasteiger partial charge in [-0.3, -0.25) is 14.9 Å². The number of aliphatic hydroxyl groups is 2. The molecule has 1 aromatic carbocycles. The maximum absolute atomic E-state index is 11.8. The number of hydrogen-bond acceptors (Lipinski definition) is 7. The van der Waals surface area contributed by atoms with E-state index in [1.807, 2.05) is 0 Å². The van der Waals surface area contributed by atoms with Crippen LogP contribution in [0.4, 0.5) is 5.69 Å². The van der Waals surface area contributed by atoms with Crippen molar-refractivity contribution in [3.05, 3.63) is 39.9 Å². The van der Waals surface area contributed by atoms with Crippen molar-refractivity contribution < 1.29 is 29.5 Å². The van der Waals surface area contributed by atoms with E-state index in [4.69, 9.17) is 4.74 Å². The molecule has 136 valence electrons. The molecule has 25 heavy (non-hydrogen) atoms. The Bertz CT molecular complexity index is 644. The number of non-ortho nitro benzene ring substituents is 1. The van der Waals surface area contributed by atoms with Crippen molar-refractivity contribution in [3.63, 3.8) is 0 Å². The molecule has 1 aliphatic rings. The fourth-order valence-electron chi connectivity index (χ4n) is 2.64. The number of nitrogens with one attached hydrogen (secondary N) is 1. The number of hydrogen-bond donors (Lipinski definition) is 3. The summed E-state index contributed by atoms with van der Waals surface area (Å²) in [5, 5.41) is 32.4. The van der Waals surface area contributed by atoms with Gasteiger partial charge in [0.25, 0.3) is 5.69 Å². The molecule has 0 spiro atoms. The lowest BCUT2D eigenvalue weighted by Crippen LogP contribution is -2.60. The van der Waals surface area contributed by atoms with Gasteiger partial charge in [0, 0.05) is 18.2 Å². The SMILES string of the molecule is CC(O)CC1NC(=O)C1CC(O)C(=O)OCc1ccc([N+](=O)[O-])cc1. The Kier molecular flexibility index (Phi) is 6.05. The molecule has 0 aliphatic carbocycles. The van der Waals surface area contributed by atoms with Crippen LogP contribution >= 0.6 is 0 Å². The first-order chi connectivity index (χ1) is 11.8. The summed E-state index contributed by atoms with van der Waals surface area (Å²) in [5.41, 5.74) is 0.467. The van der Waals surface area contributed by atoms with Crippen LogP contribution in [0, 0.1) is 16.0 Å². The molecule has 2 rings (SSSR count). The third-order valence-corrected chi connectivity index (χ3v) is 4.02. The molecule has 1 saturated heterocycles. The molecule has 9 nitrogen and oxygen atoms in total. The number of esters is 1. The average molecular weight is 352 g/mol. The number of β-lactam (4-membered cyclic amide) rings is 1. The zero-order valence-electron chi connectivity index (χ0n) is 13.6. The second-order valence-corrected chi connectivity index (χ2v) is 6.09. The number of carbonyl (C=O) groups is 2. The van der Waals surface area contributed by atoms with Crippen molar-refractivity contribution in [1.29, 1.82) is 0 Å². The molecule has 0 bridgehead atoms. The molecule has 1 aliphatic heterocycles. The highest BCUT2D eigenvalue weighted by atomic mass is 16.6. The molecule has 1 fully saturated rings. The zero-order valence-corrected chi connectivity index (χ0v) is 13.6. The first kappa shape index (κ1) is 18.8. The predicted molar refractivity (Wildman–Crippen MR) is 85.2 cm³/mol. The van der Waals surface area contributed by atoms with Crippen molar-refractivity contribution in [1.82, 2.24) is 5.32 Å². The summed E-state index contributed by atoms with van der Waals surface area (Å²) in [6.45, 7) is 1.46. The number of nitro groups is 1. The molecule has 0 radical (unpaired) electrons. The van der Waals surface area contributed by atoms with Crippen LogP contribution < -0.4 is 5.32 Å². The van der Waals surface area contributed by atoms with Gasteiger partial charge in [0.2, 0.25) is 5.91 Å². The van der Waals surface area contributed by atoms with Crippen molar-refractivity contribution in [2.45, 2.75) is 44.6 Å². The van der Waals surface area contributed by atoms with Gasteiger partial charge < -0.3 is 20.3 Å². The number of amides is 1. The van der Waals surface area contributed by atoms with Crippen LogP contribution in [0.1, 0.15) is 25.3 Å². The minimum atomic E-state index is -1.45. The average Bonchev–Trinajstić information content (AvgIpc) is 2.57. The highest BCUT2D eigenvalue weighted by Gasteiger charge is 2.41. The van der Waals surface area contributed by atoms with Gasteiger partial charge in [-0.15, -0.1) is 0 Å². The molecule has 4 atom stereocenters. The van der Waals surface area contributed by atoms with Crippen LogP contribution in [0.15, 0.2) is 24.3 Å². The Morgan fingerprint density at radius 1 is 1.32 bits per heavy atom. The molecular weight excluding hydrogens is 332 g/mol. The summed E-state index contributed by atoms with van der Waals surface area (Å²) >= 11 is 0.